The first-order valence-corrected chi connectivity index (χ1v) is 15.8. The molecule has 11 heteroatoms. The molecule has 0 aliphatic carbocycles. The number of aryl methyl sites for hydroxylation is 1. The highest BCUT2D eigenvalue weighted by molar-refractivity contribution is 6.02. The van der Waals surface area contributed by atoms with Crippen LogP contribution in [-0.2, 0) is 46.4 Å². The molecule has 1 saturated heterocycles. The highest BCUT2D eigenvalue weighted by Crippen LogP contribution is 2.33. The average Bonchev–Trinajstić information content (AvgIpc) is 3.59. The largest absolute Gasteiger partial charge is 0.480 e. The third-order valence-corrected chi connectivity index (χ3v) is 8.32. The minimum absolute atomic E-state index is 0.250. The van der Waals surface area contributed by atoms with Crippen molar-refractivity contribution in [2.75, 3.05) is 13.2 Å². The van der Waals surface area contributed by atoms with E-state index in [2.05, 4.69) is 0 Å². The Labute approximate surface area is 283 Å². The van der Waals surface area contributed by atoms with E-state index in [9.17, 15) is 29.4 Å². The summed E-state index contributed by atoms with van der Waals surface area (Å²) >= 11 is 0. The van der Waals surface area contributed by atoms with Gasteiger partial charge in [0.25, 0.3) is 5.91 Å². The van der Waals surface area contributed by atoms with E-state index in [1.807, 2.05) is 84.9 Å². The number of benzene rings is 4. The molecular formula is C38H37NO10. The van der Waals surface area contributed by atoms with Gasteiger partial charge in [0.05, 0.1) is 6.61 Å². The van der Waals surface area contributed by atoms with Crippen molar-refractivity contribution in [1.82, 2.24) is 4.90 Å². The molecule has 4 aromatic carbocycles. The Morgan fingerprint density at radius 2 is 1.39 bits per heavy atom. The first-order chi connectivity index (χ1) is 23.7. The fraction of sp³-hybridized carbons (Fsp3) is 0.263. The molecule has 1 heterocycles. The zero-order chi connectivity index (χ0) is 34.8. The van der Waals surface area contributed by atoms with E-state index >= 15 is 0 Å². The molecule has 1 aliphatic heterocycles. The molecule has 0 aromatic heterocycles. The predicted molar refractivity (Wildman–Crippen MR) is 177 cm³/mol. The molecule has 4 atom stereocenters. The molecule has 1 amide bonds. The molecule has 0 saturated carbocycles. The fourth-order valence-corrected chi connectivity index (χ4v) is 5.74. The molecule has 2 N–H and O–H groups in total. The highest BCUT2D eigenvalue weighted by atomic mass is 16.8. The maximum Gasteiger partial charge on any atom is 0.379 e. The Morgan fingerprint density at radius 3 is 1.98 bits per heavy atom. The van der Waals surface area contributed by atoms with Crippen LogP contribution in [0.2, 0.25) is 0 Å². The van der Waals surface area contributed by atoms with Crippen LogP contribution in [0.3, 0.4) is 0 Å². The summed E-state index contributed by atoms with van der Waals surface area (Å²) in [6, 6.07) is 34.3. The molecule has 0 spiro atoms. The van der Waals surface area contributed by atoms with Gasteiger partial charge in [-0.3, -0.25) is 9.59 Å². The Hall–Kier alpha value is -5.52. The SMILES string of the molecule is C[C@H]([C@H](CCc1ccccc1)c1ccc(Oc2ccccc2)cc1)N(CC(=O)O)C(=O)[C@@H]1COC(C(=O)O)(C(=O)OCc2ccccc2)O1. The Kier molecular flexibility index (Phi) is 11.4. The smallest absolute Gasteiger partial charge is 0.379 e. The van der Waals surface area contributed by atoms with Crippen molar-refractivity contribution < 1.29 is 48.3 Å². The number of amides is 1. The van der Waals surface area contributed by atoms with Gasteiger partial charge in [0.15, 0.2) is 6.10 Å². The quantitative estimate of drug-likeness (QED) is 0.124. The van der Waals surface area contributed by atoms with Gasteiger partial charge in [0.2, 0.25) is 0 Å². The minimum Gasteiger partial charge on any atom is -0.480 e. The van der Waals surface area contributed by atoms with Crippen LogP contribution < -0.4 is 4.74 Å². The number of aliphatic carboxylic acids is 2. The van der Waals surface area contributed by atoms with Gasteiger partial charge >= 0.3 is 23.7 Å². The van der Waals surface area contributed by atoms with Crippen molar-refractivity contribution in [2.24, 2.45) is 0 Å². The number of nitrogens with zero attached hydrogens (tertiary/aromatic N) is 1. The lowest BCUT2D eigenvalue weighted by molar-refractivity contribution is -0.222. The van der Waals surface area contributed by atoms with E-state index in [4.69, 9.17) is 18.9 Å². The molecule has 11 nitrogen and oxygen atoms in total. The van der Waals surface area contributed by atoms with Crippen molar-refractivity contribution in [1.29, 1.82) is 0 Å². The molecule has 1 aliphatic rings. The summed E-state index contributed by atoms with van der Waals surface area (Å²) in [5.74, 6) is -7.23. The first-order valence-electron chi connectivity index (χ1n) is 15.8. The second kappa shape index (κ2) is 16.1. The van der Waals surface area contributed by atoms with Gasteiger partial charge in [-0.25, -0.2) is 9.59 Å². The van der Waals surface area contributed by atoms with Crippen LogP contribution in [0.25, 0.3) is 0 Å². The summed E-state index contributed by atoms with van der Waals surface area (Å²) in [7, 11) is 0. The van der Waals surface area contributed by atoms with Gasteiger partial charge in [-0.15, -0.1) is 0 Å². The van der Waals surface area contributed by atoms with Gasteiger partial charge in [0.1, 0.15) is 24.7 Å². The zero-order valence-corrected chi connectivity index (χ0v) is 26.8. The molecular weight excluding hydrogens is 630 g/mol. The molecule has 1 fully saturated rings. The van der Waals surface area contributed by atoms with Crippen LogP contribution in [0.15, 0.2) is 115 Å². The summed E-state index contributed by atoms with van der Waals surface area (Å²) in [6.07, 6.45) is -0.412. The second-order valence-corrected chi connectivity index (χ2v) is 11.6. The van der Waals surface area contributed by atoms with E-state index in [0.29, 0.717) is 29.9 Å². The number of hydrogen-bond donors (Lipinski definition) is 2. The number of ether oxygens (including phenoxy) is 4. The van der Waals surface area contributed by atoms with Gasteiger partial charge < -0.3 is 34.1 Å². The normalized spacial score (nSPS) is 18.2. The molecule has 5 rings (SSSR count). The number of carbonyl (C=O) groups excluding carboxylic acids is 2. The van der Waals surface area contributed by atoms with E-state index in [1.54, 1.807) is 37.3 Å². The maximum absolute atomic E-state index is 14.0. The topological polar surface area (TPSA) is 149 Å². The van der Waals surface area contributed by atoms with E-state index in [1.165, 1.54) is 0 Å². The van der Waals surface area contributed by atoms with E-state index in [0.717, 1.165) is 16.0 Å². The van der Waals surface area contributed by atoms with Crippen LogP contribution in [-0.4, -0.2) is 70.0 Å². The Morgan fingerprint density at radius 1 is 0.816 bits per heavy atom. The number of para-hydroxylation sites is 1. The zero-order valence-electron chi connectivity index (χ0n) is 26.8. The number of carboxylic acid groups (broad SMARTS) is 2. The van der Waals surface area contributed by atoms with Crippen molar-refractivity contribution in [3.05, 3.63) is 132 Å². The summed E-state index contributed by atoms with van der Waals surface area (Å²) in [5, 5.41) is 19.8. The average molecular weight is 668 g/mol. The Balaban J connectivity index is 1.37. The van der Waals surface area contributed by atoms with Crippen LogP contribution in [0.1, 0.15) is 36.0 Å². The first kappa shape index (κ1) is 34.8. The molecule has 0 radical (unpaired) electrons. The molecule has 254 valence electrons. The summed E-state index contributed by atoms with van der Waals surface area (Å²) in [6.45, 7) is 0.184. The number of rotatable bonds is 15. The highest BCUT2D eigenvalue weighted by Gasteiger charge is 2.59. The van der Waals surface area contributed by atoms with Crippen molar-refractivity contribution in [2.45, 2.75) is 50.2 Å². The third kappa shape index (κ3) is 8.69. The monoisotopic (exact) mass is 667 g/mol. The molecule has 0 bridgehead atoms. The fourth-order valence-electron chi connectivity index (χ4n) is 5.74. The van der Waals surface area contributed by atoms with Gasteiger partial charge in [-0.2, -0.15) is 0 Å². The van der Waals surface area contributed by atoms with Crippen molar-refractivity contribution >= 4 is 23.8 Å². The van der Waals surface area contributed by atoms with E-state index in [-0.39, 0.29) is 12.5 Å². The van der Waals surface area contributed by atoms with Gasteiger partial charge in [-0.05, 0) is 60.7 Å². The predicted octanol–water partition coefficient (Wildman–Crippen LogP) is 5.44. The van der Waals surface area contributed by atoms with Crippen molar-refractivity contribution in [3.8, 4) is 11.5 Å². The van der Waals surface area contributed by atoms with E-state index < -0.39 is 54.9 Å². The summed E-state index contributed by atoms with van der Waals surface area (Å²) in [4.78, 5) is 52.5. The van der Waals surface area contributed by atoms with Crippen LogP contribution in [0.4, 0.5) is 0 Å². The third-order valence-electron chi connectivity index (χ3n) is 8.32. The number of esters is 1. The summed E-state index contributed by atoms with van der Waals surface area (Å²) in [5.41, 5.74) is 2.50. The lowest BCUT2D eigenvalue weighted by atomic mass is 9.85. The van der Waals surface area contributed by atoms with Gasteiger partial charge in [0, 0.05) is 12.0 Å². The van der Waals surface area contributed by atoms with Crippen LogP contribution in [0, 0.1) is 0 Å². The number of carbonyl (C=O) groups is 4. The van der Waals surface area contributed by atoms with Crippen LogP contribution in [0.5, 0.6) is 11.5 Å². The molecule has 1 unspecified atom stereocenters. The van der Waals surface area contributed by atoms with Gasteiger partial charge in [-0.1, -0.05) is 91.0 Å². The second-order valence-electron chi connectivity index (χ2n) is 11.6. The molecule has 49 heavy (non-hydrogen) atoms. The Bertz CT molecular complexity index is 1720. The minimum atomic E-state index is -2.89. The number of carboxylic acids is 2. The lowest BCUT2D eigenvalue weighted by Crippen LogP contribution is -2.52. The van der Waals surface area contributed by atoms with Crippen LogP contribution >= 0.6 is 0 Å². The summed E-state index contributed by atoms with van der Waals surface area (Å²) < 4.78 is 22.0. The van der Waals surface area contributed by atoms with Crippen molar-refractivity contribution in [3.63, 3.8) is 0 Å². The molecule has 4 aromatic rings. The maximum atomic E-state index is 14.0. The standard InChI is InChI=1S/C38H37NO10/c1-26(32(22-17-27-11-5-2-6-12-27)29-18-20-31(21-19-29)48-30-15-9-4-10-16-30)39(23-34(40)41)35(42)33-25-47-38(49-33,36(43)44)37(45)46-24-28-13-7-3-8-14-28/h2-16,18-21,26,32-33H,17,22-25H2,1H3,(H,40,41)(H,43,44)/t26-,32+,33+,38?/m1/s1. The lowest BCUT2D eigenvalue weighted by Gasteiger charge is -2.35. The number of hydrogen-bond acceptors (Lipinski definition) is 8.